The molecule has 1 aliphatic carbocycles. The number of amidine groups is 1. The first-order valence-corrected chi connectivity index (χ1v) is 6.51. The van der Waals surface area contributed by atoms with Gasteiger partial charge in [-0.1, -0.05) is 17.3 Å². The van der Waals surface area contributed by atoms with E-state index in [0.29, 0.717) is 17.7 Å². The minimum atomic E-state index is -0.191. The molecule has 0 bridgehead atoms. The van der Waals surface area contributed by atoms with E-state index < -0.39 is 0 Å². The van der Waals surface area contributed by atoms with Crippen LogP contribution in [0.3, 0.4) is 0 Å². The molecular weight excluding hydrogens is 258 g/mol. The van der Waals surface area contributed by atoms with Crippen molar-refractivity contribution in [2.75, 3.05) is 13.7 Å². The van der Waals surface area contributed by atoms with Crippen molar-refractivity contribution >= 4 is 11.7 Å². The summed E-state index contributed by atoms with van der Waals surface area (Å²) >= 11 is 0. The lowest BCUT2D eigenvalue weighted by Crippen LogP contribution is -2.49. The van der Waals surface area contributed by atoms with E-state index in [4.69, 9.17) is 15.7 Å². The van der Waals surface area contributed by atoms with E-state index in [0.717, 1.165) is 19.3 Å². The molecule has 0 radical (unpaired) electrons. The van der Waals surface area contributed by atoms with Crippen molar-refractivity contribution in [3.63, 3.8) is 0 Å². The van der Waals surface area contributed by atoms with Crippen molar-refractivity contribution in [2.45, 2.75) is 24.9 Å². The van der Waals surface area contributed by atoms with Crippen LogP contribution in [0.2, 0.25) is 0 Å². The molecule has 1 aromatic carbocycles. The van der Waals surface area contributed by atoms with Gasteiger partial charge in [-0.25, -0.2) is 0 Å². The number of carbonyl (C=O) groups excluding carboxylic acids is 1. The third kappa shape index (κ3) is 2.91. The molecule has 2 rings (SSSR count). The smallest absolute Gasteiger partial charge is 0.251 e. The molecule has 1 saturated carbocycles. The quantitative estimate of drug-likeness (QED) is 0.325. The lowest BCUT2D eigenvalue weighted by molar-refractivity contribution is -0.0679. The van der Waals surface area contributed by atoms with Crippen LogP contribution in [0.5, 0.6) is 0 Å². The minimum Gasteiger partial charge on any atom is -0.409 e. The fourth-order valence-corrected chi connectivity index (χ4v) is 2.22. The third-order valence-corrected chi connectivity index (χ3v) is 3.82. The Morgan fingerprint density at radius 1 is 1.40 bits per heavy atom. The number of ether oxygens (including phenoxy) is 1. The normalized spacial score (nSPS) is 17.4. The van der Waals surface area contributed by atoms with Gasteiger partial charge in [0.2, 0.25) is 0 Å². The zero-order chi connectivity index (χ0) is 14.6. The maximum atomic E-state index is 12.0. The van der Waals surface area contributed by atoms with Crippen LogP contribution in [0, 0.1) is 0 Å². The summed E-state index contributed by atoms with van der Waals surface area (Å²) in [4.78, 5) is 12.0. The lowest BCUT2D eigenvalue weighted by atomic mass is 9.80. The lowest BCUT2D eigenvalue weighted by Gasteiger charge is -2.40. The molecule has 108 valence electrons. The predicted molar refractivity (Wildman–Crippen MR) is 74.9 cm³/mol. The van der Waals surface area contributed by atoms with Gasteiger partial charge in [0.15, 0.2) is 5.84 Å². The maximum absolute atomic E-state index is 12.0. The highest BCUT2D eigenvalue weighted by atomic mass is 16.5. The Labute approximate surface area is 117 Å². The fraction of sp³-hybridized carbons (Fsp3) is 0.429. The first-order chi connectivity index (χ1) is 9.60. The largest absolute Gasteiger partial charge is 0.409 e. The molecule has 0 aliphatic heterocycles. The molecule has 6 nitrogen and oxygen atoms in total. The van der Waals surface area contributed by atoms with E-state index in [9.17, 15) is 4.79 Å². The summed E-state index contributed by atoms with van der Waals surface area (Å²) in [5.74, 6) is -0.135. The number of benzene rings is 1. The van der Waals surface area contributed by atoms with Crippen molar-refractivity contribution in [3.8, 4) is 0 Å². The topological polar surface area (TPSA) is 96.9 Å². The summed E-state index contributed by atoms with van der Waals surface area (Å²) in [6.07, 6.45) is 3.09. The van der Waals surface area contributed by atoms with Crippen LogP contribution in [0.4, 0.5) is 0 Å². The van der Waals surface area contributed by atoms with Gasteiger partial charge in [0.1, 0.15) is 0 Å². The Bertz CT molecular complexity index is 501. The predicted octanol–water partition coefficient (Wildman–Crippen LogP) is 1.08. The Balaban J connectivity index is 1.96. The molecule has 4 N–H and O–H groups in total. The van der Waals surface area contributed by atoms with Gasteiger partial charge in [-0.15, -0.1) is 0 Å². The van der Waals surface area contributed by atoms with Crippen molar-refractivity contribution in [3.05, 3.63) is 35.4 Å². The average molecular weight is 277 g/mol. The molecule has 0 aromatic heterocycles. The zero-order valence-corrected chi connectivity index (χ0v) is 11.4. The van der Waals surface area contributed by atoms with Crippen LogP contribution in [-0.2, 0) is 4.74 Å². The van der Waals surface area contributed by atoms with Crippen molar-refractivity contribution in [1.82, 2.24) is 5.32 Å². The molecule has 1 aliphatic rings. The molecule has 1 amide bonds. The van der Waals surface area contributed by atoms with E-state index in [-0.39, 0.29) is 17.3 Å². The summed E-state index contributed by atoms with van der Waals surface area (Å²) < 4.78 is 5.45. The van der Waals surface area contributed by atoms with Gasteiger partial charge < -0.3 is 21.0 Å². The molecule has 1 fully saturated rings. The van der Waals surface area contributed by atoms with E-state index in [1.54, 1.807) is 31.4 Å². The molecule has 0 spiro atoms. The van der Waals surface area contributed by atoms with Gasteiger partial charge >= 0.3 is 0 Å². The number of nitrogens with one attached hydrogen (secondary N) is 1. The second-order valence-corrected chi connectivity index (χ2v) is 4.99. The van der Waals surface area contributed by atoms with Gasteiger partial charge in [0, 0.05) is 24.8 Å². The van der Waals surface area contributed by atoms with Crippen LogP contribution in [-0.4, -0.2) is 36.2 Å². The first kappa shape index (κ1) is 14.3. The molecule has 20 heavy (non-hydrogen) atoms. The number of methoxy groups -OCH3 is 1. The molecular formula is C14H19N3O3. The van der Waals surface area contributed by atoms with Crippen LogP contribution in [0.1, 0.15) is 35.2 Å². The number of oxime groups is 1. The van der Waals surface area contributed by atoms with Gasteiger partial charge in [0.05, 0.1) is 5.60 Å². The van der Waals surface area contributed by atoms with E-state index in [1.807, 2.05) is 0 Å². The van der Waals surface area contributed by atoms with Gasteiger partial charge in [0.25, 0.3) is 5.91 Å². The highest BCUT2D eigenvalue weighted by Gasteiger charge is 2.37. The minimum absolute atomic E-state index is 0.0183. The van der Waals surface area contributed by atoms with E-state index in [1.165, 1.54) is 0 Å². The molecule has 0 heterocycles. The Hall–Kier alpha value is -2.08. The number of rotatable bonds is 5. The van der Waals surface area contributed by atoms with Crippen LogP contribution >= 0.6 is 0 Å². The highest BCUT2D eigenvalue weighted by molar-refractivity contribution is 5.99. The van der Waals surface area contributed by atoms with Crippen LogP contribution < -0.4 is 11.1 Å². The number of nitrogens with two attached hydrogens (primary N) is 1. The second-order valence-electron chi connectivity index (χ2n) is 4.99. The van der Waals surface area contributed by atoms with Crippen molar-refractivity contribution < 1.29 is 14.7 Å². The number of amides is 1. The number of hydrogen-bond acceptors (Lipinski definition) is 4. The summed E-state index contributed by atoms with van der Waals surface area (Å²) in [6, 6.07) is 6.56. The molecule has 0 saturated heterocycles. The molecule has 6 heteroatoms. The van der Waals surface area contributed by atoms with Gasteiger partial charge in [-0.3, -0.25) is 4.79 Å². The maximum Gasteiger partial charge on any atom is 0.251 e. The first-order valence-electron chi connectivity index (χ1n) is 6.51. The number of nitrogens with zero attached hydrogens (tertiary/aromatic N) is 1. The zero-order valence-electron chi connectivity index (χ0n) is 11.4. The molecule has 1 aromatic rings. The number of carbonyl (C=O) groups is 1. The fourth-order valence-electron chi connectivity index (χ4n) is 2.22. The molecule has 0 atom stereocenters. The molecule has 0 unspecified atom stereocenters. The van der Waals surface area contributed by atoms with Crippen LogP contribution in [0.15, 0.2) is 29.4 Å². The second kappa shape index (κ2) is 5.92. The van der Waals surface area contributed by atoms with Gasteiger partial charge in [-0.2, -0.15) is 0 Å². The van der Waals surface area contributed by atoms with E-state index in [2.05, 4.69) is 10.5 Å². The van der Waals surface area contributed by atoms with Crippen molar-refractivity contribution in [1.29, 1.82) is 0 Å². The third-order valence-electron chi connectivity index (χ3n) is 3.82. The summed E-state index contributed by atoms with van der Waals surface area (Å²) in [7, 11) is 1.68. The van der Waals surface area contributed by atoms with Crippen molar-refractivity contribution in [2.24, 2.45) is 10.9 Å². The summed E-state index contributed by atoms with van der Waals surface area (Å²) in [5, 5.41) is 14.4. The summed E-state index contributed by atoms with van der Waals surface area (Å²) in [6.45, 7) is 0.518. The van der Waals surface area contributed by atoms with Crippen LogP contribution in [0.25, 0.3) is 0 Å². The van der Waals surface area contributed by atoms with Gasteiger partial charge in [-0.05, 0) is 31.4 Å². The monoisotopic (exact) mass is 277 g/mol. The Morgan fingerprint density at radius 3 is 2.45 bits per heavy atom. The standard InChI is InChI=1S/C14H19N3O3/c1-20-14(7-2-8-14)9-16-13(18)11-5-3-10(4-6-11)12(15)17-19/h3-6,19H,2,7-9H2,1H3,(H2,15,17)(H,16,18). The Kier molecular flexibility index (Phi) is 4.24. The van der Waals surface area contributed by atoms with E-state index >= 15 is 0 Å². The Morgan fingerprint density at radius 2 is 2.00 bits per heavy atom. The average Bonchev–Trinajstić information content (AvgIpc) is 2.45. The number of hydrogen-bond donors (Lipinski definition) is 3. The SMILES string of the molecule is COC1(CNC(=O)c2ccc(/C(N)=N/O)cc2)CCC1. The summed E-state index contributed by atoms with van der Waals surface area (Å²) in [5.41, 5.74) is 6.37. The highest BCUT2D eigenvalue weighted by Crippen LogP contribution is 2.34.